The molecule has 5 nitrogen and oxygen atoms in total. The van der Waals surface area contributed by atoms with Gasteiger partial charge in [0, 0.05) is 12.6 Å². The second-order valence-electron chi connectivity index (χ2n) is 4.57. The van der Waals surface area contributed by atoms with Crippen molar-refractivity contribution < 1.29 is 4.74 Å². The first-order chi connectivity index (χ1) is 8.85. The minimum Gasteiger partial charge on any atom is -0.477 e. The van der Waals surface area contributed by atoms with Crippen molar-refractivity contribution in [2.45, 2.75) is 38.6 Å². The van der Waals surface area contributed by atoms with E-state index in [9.17, 15) is 0 Å². The molecule has 0 radical (unpaired) electrons. The Kier molecular flexibility index (Phi) is 4.75. The van der Waals surface area contributed by atoms with Crippen LogP contribution in [0.4, 0.5) is 5.82 Å². The van der Waals surface area contributed by atoms with Crippen molar-refractivity contribution >= 4 is 5.82 Å². The van der Waals surface area contributed by atoms with Gasteiger partial charge in [-0.3, -0.25) is 4.98 Å². The molecule has 0 amide bonds. The van der Waals surface area contributed by atoms with Crippen molar-refractivity contribution in [1.29, 1.82) is 0 Å². The lowest BCUT2D eigenvalue weighted by Crippen LogP contribution is -2.30. The van der Waals surface area contributed by atoms with Crippen LogP contribution in [0.25, 0.3) is 0 Å². The lowest BCUT2D eigenvalue weighted by Gasteiger charge is -2.25. The Morgan fingerprint density at radius 1 is 1.50 bits per heavy atom. The van der Waals surface area contributed by atoms with Gasteiger partial charge in [-0.25, -0.2) is 0 Å². The maximum Gasteiger partial charge on any atom is 0.234 e. The van der Waals surface area contributed by atoms with Crippen LogP contribution in [0, 0.1) is 0 Å². The molecule has 100 valence electrons. The van der Waals surface area contributed by atoms with Gasteiger partial charge in [0.25, 0.3) is 0 Å². The zero-order valence-corrected chi connectivity index (χ0v) is 11.0. The molecular formula is C13H22N4O. The van der Waals surface area contributed by atoms with E-state index in [4.69, 9.17) is 10.5 Å². The third kappa shape index (κ3) is 3.10. The normalized spacial score (nSPS) is 19.2. The maximum absolute atomic E-state index is 5.59. The molecule has 0 aromatic carbocycles. The second kappa shape index (κ2) is 6.54. The largest absolute Gasteiger partial charge is 0.477 e. The summed E-state index contributed by atoms with van der Waals surface area (Å²) in [6.07, 6.45) is 8.13. The fourth-order valence-electron chi connectivity index (χ4n) is 2.49. The molecule has 2 heterocycles. The van der Waals surface area contributed by atoms with Crippen LogP contribution in [0.5, 0.6) is 5.88 Å². The molecular weight excluding hydrogens is 228 g/mol. The van der Waals surface area contributed by atoms with Crippen molar-refractivity contribution in [3.63, 3.8) is 0 Å². The van der Waals surface area contributed by atoms with E-state index >= 15 is 0 Å². The summed E-state index contributed by atoms with van der Waals surface area (Å²) in [5.74, 6) is 1.54. The van der Waals surface area contributed by atoms with Crippen molar-refractivity contribution in [2.75, 3.05) is 24.6 Å². The quantitative estimate of drug-likeness (QED) is 0.830. The van der Waals surface area contributed by atoms with Gasteiger partial charge in [0.05, 0.1) is 19.0 Å². The highest BCUT2D eigenvalue weighted by Gasteiger charge is 2.25. The van der Waals surface area contributed by atoms with Gasteiger partial charge >= 0.3 is 0 Å². The first kappa shape index (κ1) is 13.1. The van der Waals surface area contributed by atoms with Crippen LogP contribution in [-0.4, -0.2) is 35.7 Å². The van der Waals surface area contributed by atoms with E-state index in [2.05, 4.69) is 14.9 Å². The van der Waals surface area contributed by atoms with Gasteiger partial charge in [-0.2, -0.15) is 4.98 Å². The average molecular weight is 250 g/mol. The molecule has 1 aromatic heterocycles. The SMILES string of the molecule is CCOc1cncc(N2CCCC2CCCN)n1. The first-order valence-electron chi connectivity index (χ1n) is 6.76. The zero-order valence-electron chi connectivity index (χ0n) is 11.0. The third-order valence-corrected chi connectivity index (χ3v) is 3.30. The van der Waals surface area contributed by atoms with Crippen LogP contribution in [0.1, 0.15) is 32.6 Å². The van der Waals surface area contributed by atoms with E-state index < -0.39 is 0 Å². The van der Waals surface area contributed by atoms with Gasteiger partial charge in [0.1, 0.15) is 0 Å². The van der Waals surface area contributed by atoms with E-state index in [1.54, 1.807) is 6.20 Å². The maximum atomic E-state index is 5.59. The Labute approximate surface area is 108 Å². The molecule has 1 aromatic rings. The number of anilines is 1. The molecule has 1 saturated heterocycles. The van der Waals surface area contributed by atoms with E-state index in [1.807, 2.05) is 13.1 Å². The molecule has 5 heteroatoms. The topological polar surface area (TPSA) is 64.3 Å². The third-order valence-electron chi connectivity index (χ3n) is 3.30. The summed E-state index contributed by atoms with van der Waals surface area (Å²) in [7, 11) is 0. The number of nitrogens with zero attached hydrogens (tertiary/aromatic N) is 3. The lowest BCUT2D eigenvalue weighted by molar-refractivity contribution is 0.325. The highest BCUT2D eigenvalue weighted by atomic mass is 16.5. The van der Waals surface area contributed by atoms with Crippen LogP contribution in [-0.2, 0) is 0 Å². The Balaban J connectivity index is 2.06. The Bertz CT molecular complexity index is 372. The Morgan fingerprint density at radius 3 is 3.17 bits per heavy atom. The van der Waals surface area contributed by atoms with E-state index in [0.29, 0.717) is 18.5 Å². The van der Waals surface area contributed by atoms with Crippen molar-refractivity contribution in [2.24, 2.45) is 5.73 Å². The number of rotatable bonds is 6. The predicted molar refractivity (Wildman–Crippen MR) is 71.9 cm³/mol. The van der Waals surface area contributed by atoms with Gasteiger partial charge in [0.15, 0.2) is 5.82 Å². The van der Waals surface area contributed by atoms with Crippen LogP contribution < -0.4 is 15.4 Å². The monoisotopic (exact) mass is 250 g/mol. The minimum atomic E-state index is 0.555. The average Bonchev–Trinajstić information content (AvgIpc) is 2.85. The number of ether oxygens (including phenoxy) is 1. The summed E-state index contributed by atoms with van der Waals surface area (Å²) in [6, 6.07) is 0.555. The van der Waals surface area contributed by atoms with Gasteiger partial charge in [-0.15, -0.1) is 0 Å². The summed E-state index contributed by atoms with van der Waals surface area (Å²) >= 11 is 0. The first-order valence-corrected chi connectivity index (χ1v) is 6.76. The number of aromatic nitrogens is 2. The van der Waals surface area contributed by atoms with Crippen molar-refractivity contribution in [3.05, 3.63) is 12.4 Å². The van der Waals surface area contributed by atoms with E-state index in [1.165, 1.54) is 12.8 Å². The van der Waals surface area contributed by atoms with E-state index in [0.717, 1.165) is 31.7 Å². The molecule has 1 fully saturated rings. The van der Waals surface area contributed by atoms with Crippen molar-refractivity contribution in [3.8, 4) is 5.88 Å². The Hall–Kier alpha value is -1.36. The zero-order chi connectivity index (χ0) is 12.8. The molecule has 18 heavy (non-hydrogen) atoms. The van der Waals surface area contributed by atoms with E-state index in [-0.39, 0.29) is 0 Å². The van der Waals surface area contributed by atoms with Crippen molar-refractivity contribution in [1.82, 2.24) is 9.97 Å². The second-order valence-corrected chi connectivity index (χ2v) is 4.57. The van der Waals surface area contributed by atoms with Gasteiger partial charge in [0.2, 0.25) is 5.88 Å². The number of hydrogen-bond donors (Lipinski definition) is 1. The van der Waals surface area contributed by atoms with Crippen LogP contribution in [0.15, 0.2) is 12.4 Å². The summed E-state index contributed by atoms with van der Waals surface area (Å²) < 4.78 is 5.40. The molecule has 2 N–H and O–H groups in total. The van der Waals surface area contributed by atoms with Gasteiger partial charge < -0.3 is 15.4 Å². The van der Waals surface area contributed by atoms with Gasteiger partial charge in [-0.05, 0) is 39.2 Å². The molecule has 0 saturated carbocycles. The molecule has 0 aliphatic carbocycles. The van der Waals surface area contributed by atoms with Crippen LogP contribution in [0.3, 0.4) is 0 Å². The molecule has 1 aliphatic heterocycles. The predicted octanol–water partition coefficient (Wildman–Crippen LogP) is 1.58. The smallest absolute Gasteiger partial charge is 0.234 e. The Morgan fingerprint density at radius 2 is 2.39 bits per heavy atom. The highest BCUT2D eigenvalue weighted by Crippen LogP contribution is 2.27. The fraction of sp³-hybridized carbons (Fsp3) is 0.692. The molecule has 0 bridgehead atoms. The molecule has 2 rings (SSSR count). The van der Waals surface area contributed by atoms with Crippen LogP contribution in [0.2, 0.25) is 0 Å². The summed E-state index contributed by atoms with van der Waals surface area (Å²) in [4.78, 5) is 11.1. The molecule has 0 spiro atoms. The summed E-state index contributed by atoms with van der Waals surface area (Å²) in [5, 5.41) is 0. The molecule has 1 aliphatic rings. The lowest BCUT2D eigenvalue weighted by atomic mass is 10.1. The van der Waals surface area contributed by atoms with Gasteiger partial charge in [-0.1, -0.05) is 0 Å². The highest BCUT2D eigenvalue weighted by molar-refractivity contribution is 5.40. The number of nitrogens with two attached hydrogens (primary N) is 1. The van der Waals surface area contributed by atoms with Crippen LogP contribution >= 0.6 is 0 Å². The molecule has 1 atom stereocenters. The summed E-state index contributed by atoms with van der Waals surface area (Å²) in [6.45, 7) is 4.39. The standard InChI is InChI=1S/C13H22N4O/c1-2-18-13-10-15-9-12(16-13)17-8-4-6-11(17)5-3-7-14/h9-11H,2-8,14H2,1H3. The fourth-order valence-corrected chi connectivity index (χ4v) is 2.49. The summed E-state index contributed by atoms with van der Waals surface area (Å²) in [5.41, 5.74) is 5.59. The number of hydrogen-bond acceptors (Lipinski definition) is 5. The molecule has 1 unspecified atom stereocenters. The minimum absolute atomic E-state index is 0.555.